The Morgan fingerprint density at radius 3 is 2.85 bits per heavy atom. The Morgan fingerprint density at radius 2 is 2.08 bits per heavy atom. The summed E-state index contributed by atoms with van der Waals surface area (Å²) in [7, 11) is 0. The average molecular weight is 355 g/mol. The Morgan fingerprint density at radius 1 is 1.27 bits per heavy atom. The highest BCUT2D eigenvalue weighted by Gasteiger charge is 2.25. The van der Waals surface area contributed by atoms with E-state index in [0.29, 0.717) is 19.7 Å². The number of fused-ring (bicyclic) bond motifs is 1. The van der Waals surface area contributed by atoms with E-state index in [2.05, 4.69) is 15.6 Å². The van der Waals surface area contributed by atoms with Crippen LogP contribution in [0.2, 0.25) is 0 Å². The maximum atomic E-state index is 12.7. The molecule has 138 valence electrons. The second-order valence-corrected chi connectivity index (χ2v) is 7.24. The number of anilines is 1. The van der Waals surface area contributed by atoms with Gasteiger partial charge in [-0.25, -0.2) is 9.48 Å². The molecule has 0 spiro atoms. The summed E-state index contributed by atoms with van der Waals surface area (Å²) in [6.07, 6.45) is 3.40. The standard InChI is InChI=1S/C19H25N5O2/c1-14-3-7-16(8-4-14)20-19(25)23-9-2-10-24-18(11-23)17(21-22-24)13-26-12-15-5-6-15/h3-4,7-8,15H,2,5-6,9-13H2,1H3,(H,20,25). The molecule has 0 atom stereocenters. The molecule has 1 aliphatic heterocycles. The van der Waals surface area contributed by atoms with Gasteiger partial charge in [0.2, 0.25) is 0 Å². The van der Waals surface area contributed by atoms with Crippen LogP contribution in [0.15, 0.2) is 24.3 Å². The van der Waals surface area contributed by atoms with E-state index in [0.717, 1.165) is 42.6 Å². The smallest absolute Gasteiger partial charge is 0.322 e. The zero-order valence-electron chi connectivity index (χ0n) is 15.1. The number of aromatic nitrogens is 3. The number of amides is 2. The van der Waals surface area contributed by atoms with Crippen LogP contribution < -0.4 is 5.32 Å². The van der Waals surface area contributed by atoms with Crippen molar-refractivity contribution >= 4 is 11.7 Å². The van der Waals surface area contributed by atoms with Crippen molar-refractivity contribution in [2.45, 2.75) is 45.9 Å². The van der Waals surface area contributed by atoms with Gasteiger partial charge in [-0.3, -0.25) is 0 Å². The molecule has 1 aromatic heterocycles. The van der Waals surface area contributed by atoms with Gasteiger partial charge in [0.05, 0.1) is 18.8 Å². The Bertz CT molecular complexity index is 767. The highest BCUT2D eigenvalue weighted by molar-refractivity contribution is 5.89. The number of nitrogens with one attached hydrogen (secondary N) is 1. The maximum Gasteiger partial charge on any atom is 0.322 e. The molecule has 1 aromatic carbocycles. The van der Waals surface area contributed by atoms with Crippen molar-refractivity contribution in [1.82, 2.24) is 19.9 Å². The summed E-state index contributed by atoms with van der Waals surface area (Å²) < 4.78 is 7.69. The molecular weight excluding hydrogens is 330 g/mol. The van der Waals surface area contributed by atoms with E-state index in [-0.39, 0.29) is 6.03 Å². The second-order valence-electron chi connectivity index (χ2n) is 7.24. The number of urea groups is 1. The highest BCUT2D eigenvalue weighted by atomic mass is 16.5. The lowest BCUT2D eigenvalue weighted by Gasteiger charge is -2.21. The molecule has 1 N–H and O–H groups in total. The molecule has 0 radical (unpaired) electrons. The van der Waals surface area contributed by atoms with Gasteiger partial charge in [0.1, 0.15) is 5.69 Å². The van der Waals surface area contributed by atoms with E-state index in [4.69, 9.17) is 4.74 Å². The minimum Gasteiger partial charge on any atom is -0.375 e. The summed E-state index contributed by atoms with van der Waals surface area (Å²) in [5.74, 6) is 0.723. The second kappa shape index (κ2) is 7.45. The number of hydrogen-bond donors (Lipinski definition) is 1. The van der Waals surface area contributed by atoms with Crippen molar-refractivity contribution in [1.29, 1.82) is 0 Å². The highest BCUT2D eigenvalue weighted by Crippen LogP contribution is 2.29. The Kier molecular flexibility index (Phi) is 4.88. The molecule has 2 aromatic rings. The van der Waals surface area contributed by atoms with Gasteiger partial charge >= 0.3 is 6.03 Å². The zero-order valence-corrected chi connectivity index (χ0v) is 15.1. The van der Waals surface area contributed by atoms with E-state index < -0.39 is 0 Å². The van der Waals surface area contributed by atoms with Gasteiger partial charge in [-0.1, -0.05) is 22.9 Å². The van der Waals surface area contributed by atoms with Crippen LogP contribution in [0, 0.1) is 12.8 Å². The third kappa shape index (κ3) is 4.04. The van der Waals surface area contributed by atoms with Crippen LogP contribution in [0.4, 0.5) is 10.5 Å². The fraction of sp³-hybridized carbons (Fsp3) is 0.526. The molecular formula is C19H25N5O2. The fourth-order valence-electron chi connectivity index (χ4n) is 3.12. The molecule has 1 aliphatic carbocycles. The minimum atomic E-state index is -0.0895. The molecule has 26 heavy (non-hydrogen) atoms. The van der Waals surface area contributed by atoms with Crippen molar-refractivity contribution < 1.29 is 9.53 Å². The lowest BCUT2D eigenvalue weighted by atomic mass is 10.2. The van der Waals surface area contributed by atoms with Gasteiger partial charge in [0, 0.05) is 25.4 Å². The van der Waals surface area contributed by atoms with Gasteiger partial charge in [-0.2, -0.15) is 0 Å². The predicted molar refractivity (Wildman–Crippen MR) is 97.6 cm³/mol. The molecule has 4 rings (SSSR count). The summed E-state index contributed by atoms with van der Waals surface area (Å²) in [5.41, 5.74) is 3.81. The molecule has 2 amide bonds. The molecule has 0 saturated heterocycles. The molecule has 7 nitrogen and oxygen atoms in total. The number of carbonyl (C=O) groups excluding carboxylic acids is 1. The number of hydrogen-bond acceptors (Lipinski definition) is 4. The summed E-state index contributed by atoms with van der Waals surface area (Å²) in [6.45, 7) is 5.28. The number of ether oxygens (including phenoxy) is 1. The van der Waals surface area contributed by atoms with Gasteiger partial charge in [0.25, 0.3) is 0 Å². The fourth-order valence-corrected chi connectivity index (χ4v) is 3.12. The zero-order chi connectivity index (χ0) is 17.9. The molecule has 2 heterocycles. The summed E-state index contributed by atoms with van der Waals surface area (Å²) in [6, 6.07) is 7.74. The van der Waals surface area contributed by atoms with E-state index in [1.165, 1.54) is 18.4 Å². The van der Waals surface area contributed by atoms with Crippen molar-refractivity contribution in [3.05, 3.63) is 41.2 Å². The molecule has 2 aliphatic rings. The van der Waals surface area contributed by atoms with Gasteiger partial charge in [0.15, 0.2) is 0 Å². The first-order valence-corrected chi connectivity index (χ1v) is 9.30. The monoisotopic (exact) mass is 355 g/mol. The molecule has 7 heteroatoms. The Hall–Kier alpha value is -2.41. The summed E-state index contributed by atoms with van der Waals surface area (Å²) >= 11 is 0. The van der Waals surface area contributed by atoms with Crippen LogP contribution >= 0.6 is 0 Å². The number of benzene rings is 1. The largest absolute Gasteiger partial charge is 0.375 e. The van der Waals surface area contributed by atoms with Gasteiger partial charge in [-0.15, -0.1) is 5.10 Å². The van der Waals surface area contributed by atoms with Crippen molar-refractivity contribution in [2.24, 2.45) is 5.92 Å². The van der Waals surface area contributed by atoms with E-state index in [1.807, 2.05) is 40.8 Å². The number of carbonyl (C=O) groups is 1. The number of nitrogens with zero attached hydrogens (tertiary/aromatic N) is 4. The lowest BCUT2D eigenvalue weighted by Crippen LogP contribution is -2.34. The first kappa shape index (κ1) is 17.0. The maximum absolute atomic E-state index is 12.7. The quantitative estimate of drug-likeness (QED) is 0.895. The van der Waals surface area contributed by atoms with Gasteiger partial charge in [-0.05, 0) is 44.2 Å². The third-order valence-corrected chi connectivity index (χ3v) is 4.94. The van der Waals surface area contributed by atoms with Crippen molar-refractivity contribution in [3.63, 3.8) is 0 Å². The Labute approximate surface area is 153 Å². The molecule has 1 fully saturated rings. The SMILES string of the molecule is Cc1ccc(NC(=O)N2CCCn3nnc(COCC4CC4)c3C2)cc1. The van der Waals surface area contributed by atoms with Crippen LogP contribution in [0.1, 0.15) is 36.2 Å². The Balaban J connectivity index is 1.41. The van der Waals surface area contributed by atoms with Crippen LogP contribution in [0.25, 0.3) is 0 Å². The minimum absolute atomic E-state index is 0.0895. The van der Waals surface area contributed by atoms with Crippen LogP contribution in [0.3, 0.4) is 0 Å². The first-order valence-electron chi connectivity index (χ1n) is 9.30. The van der Waals surface area contributed by atoms with E-state index >= 15 is 0 Å². The predicted octanol–water partition coefficient (Wildman–Crippen LogP) is 2.95. The molecule has 0 bridgehead atoms. The number of aryl methyl sites for hydroxylation is 2. The molecule has 0 unspecified atom stereocenters. The summed E-state index contributed by atoms with van der Waals surface area (Å²) in [5, 5.41) is 11.5. The van der Waals surface area contributed by atoms with Crippen LogP contribution in [-0.2, 0) is 24.4 Å². The normalized spacial score (nSPS) is 16.9. The average Bonchev–Trinajstić information content (AvgIpc) is 3.42. The third-order valence-electron chi connectivity index (χ3n) is 4.94. The lowest BCUT2D eigenvalue weighted by molar-refractivity contribution is 0.107. The van der Waals surface area contributed by atoms with Crippen LogP contribution in [0.5, 0.6) is 0 Å². The van der Waals surface area contributed by atoms with E-state index in [1.54, 1.807) is 0 Å². The van der Waals surface area contributed by atoms with Crippen molar-refractivity contribution in [3.8, 4) is 0 Å². The van der Waals surface area contributed by atoms with Crippen LogP contribution in [-0.4, -0.2) is 39.1 Å². The molecule has 1 saturated carbocycles. The first-order chi connectivity index (χ1) is 12.7. The van der Waals surface area contributed by atoms with Gasteiger partial charge < -0.3 is 15.0 Å². The van der Waals surface area contributed by atoms with E-state index in [9.17, 15) is 4.79 Å². The summed E-state index contributed by atoms with van der Waals surface area (Å²) in [4.78, 5) is 14.5. The van der Waals surface area contributed by atoms with Crippen molar-refractivity contribution in [2.75, 3.05) is 18.5 Å². The number of rotatable bonds is 5. The topological polar surface area (TPSA) is 72.3 Å².